The van der Waals surface area contributed by atoms with Crippen LogP contribution in [0.5, 0.6) is 0 Å². The first kappa shape index (κ1) is 16.0. The van der Waals surface area contributed by atoms with Gasteiger partial charge in [-0.15, -0.1) is 0 Å². The van der Waals surface area contributed by atoms with E-state index in [1.165, 1.54) is 6.07 Å². The zero-order chi connectivity index (χ0) is 15.8. The van der Waals surface area contributed by atoms with Gasteiger partial charge in [0.2, 0.25) is 0 Å². The number of ketones is 1. The number of hydrogen-bond donors (Lipinski definition) is 0. The van der Waals surface area contributed by atoms with Crippen LogP contribution in [0.2, 0.25) is 0 Å². The number of benzene rings is 1. The van der Waals surface area contributed by atoms with Crippen molar-refractivity contribution in [3.63, 3.8) is 0 Å². The molecule has 0 bridgehead atoms. The van der Waals surface area contributed by atoms with Gasteiger partial charge in [0.1, 0.15) is 11.6 Å². The van der Waals surface area contributed by atoms with Crippen LogP contribution in [-0.2, 0) is 4.74 Å². The van der Waals surface area contributed by atoms with Gasteiger partial charge >= 0.3 is 0 Å². The molecule has 116 valence electrons. The standard InChI is InChI=1S/C16H21F2NO2/c1-15(2)9-19(10-16(3,4)21-15)8-13(20)14-11(17)6-5-7-12(14)18/h5-7H,8-10H2,1-4H3. The summed E-state index contributed by atoms with van der Waals surface area (Å²) in [6, 6.07) is 3.45. The number of ether oxygens (including phenoxy) is 1. The van der Waals surface area contributed by atoms with Crippen molar-refractivity contribution in [2.75, 3.05) is 19.6 Å². The summed E-state index contributed by atoms with van der Waals surface area (Å²) in [6.07, 6.45) is 0. The number of carbonyl (C=O) groups is 1. The summed E-state index contributed by atoms with van der Waals surface area (Å²) < 4.78 is 33.2. The van der Waals surface area contributed by atoms with Crippen molar-refractivity contribution in [1.29, 1.82) is 0 Å². The van der Waals surface area contributed by atoms with Gasteiger partial charge in [-0.1, -0.05) is 6.07 Å². The molecule has 0 spiro atoms. The third-order valence-corrected chi connectivity index (χ3v) is 3.37. The molecule has 3 nitrogen and oxygen atoms in total. The lowest BCUT2D eigenvalue weighted by Crippen LogP contribution is -2.58. The Hall–Kier alpha value is -1.33. The Bertz CT molecular complexity index is 519. The molecule has 1 saturated heterocycles. The summed E-state index contributed by atoms with van der Waals surface area (Å²) in [6.45, 7) is 8.82. The number of nitrogens with zero attached hydrogens (tertiary/aromatic N) is 1. The smallest absolute Gasteiger partial charge is 0.182 e. The SMILES string of the molecule is CC1(C)CN(CC(=O)c2c(F)cccc2F)CC(C)(C)O1. The summed E-state index contributed by atoms with van der Waals surface area (Å²) in [5.41, 5.74) is -1.27. The molecule has 0 N–H and O–H groups in total. The average Bonchev–Trinajstić information content (AvgIpc) is 2.23. The topological polar surface area (TPSA) is 29.5 Å². The summed E-state index contributed by atoms with van der Waals surface area (Å²) in [5, 5.41) is 0. The lowest BCUT2D eigenvalue weighted by molar-refractivity contribution is -0.178. The van der Waals surface area contributed by atoms with Gasteiger partial charge in [-0.05, 0) is 39.8 Å². The lowest BCUT2D eigenvalue weighted by atomic mass is 9.98. The van der Waals surface area contributed by atoms with Crippen molar-refractivity contribution in [1.82, 2.24) is 4.90 Å². The Balaban J connectivity index is 2.16. The molecular formula is C16H21F2NO2. The fourth-order valence-corrected chi connectivity index (χ4v) is 3.10. The fourth-order valence-electron chi connectivity index (χ4n) is 3.10. The highest BCUT2D eigenvalue weighted by Crippen LogP contribution is 2.28. The molecule has 0 unspecified atom stereocenters. The van der Waals surface area contributed by atoms with Crippen LogP contribution in [-0.4, -0.2) is 41.5 Å². The van der Waals surface area contributed by atoms with E-state index in [9.17, 15) is 13.6 Å². The zero-order valence-electron chi connectivity index (χ0n) is 12.9. The first-order valence-electron chi connectivity index (χ1n) is 6.99. The Morgan fingerprint density at radius 1 is 1.14 bits per heavy atom. The minimum atomic E-state index is -0.813. The van der Waals surface area contributed by atoms with Crippen molar-refractivity contribution in [3.05, 3.63) is 35.4 Å². The highest BCUT2D eigenvalue weighted by atomic mass is 19.1. The van der Waals surface area contributed by atoms with Crippen molar-refractivity contribution in [3.8, 4) is 0 Å². The van der Waals surface area contributed by atoms with Gasteiger partial charge in [0, 0.05) is 13.1 Å². The third-order valence-electron chi connectivity index (χ3n) is 3.37. The molecule has 1 aliphatic rings. The van der Waals surface area contributed by atoms with E-state index in [-0.39, 0.29) is 6.54 Å². The van der Waals surface area contributed by atoms with Gasteiger partial charge in [0.15, 0.2) is 5.78 Å². The van der Waals surface area contributed by atoms with Crippen molar-refractivity contribution >= 4 is 5.78 Å². The number of halogens is 2. The van der Waals surface area contributed by atoms with Crippen LogP contribution >= 0.6 is 0 Å². The van der Waals surface area contributed by atoms with Gasteiger partial charge < -0.3 is 4.74 Å². The molecule has 0 aromatic heterocycles. The highest BCUT2D eigenvalue weighted by Gasteiger charge is 2.38. The molecule has 0 atom stereocenters. The molecular weight excluding hydrogens is 276 g/mol. The molecule has 1 aliphatic heterocycles. The Labute approximate surface area is 123 Å². The molecule has 0 radical (unpaired) electrons. The molecule has 0 aliphatic carbocycles. The second-order valence-corrected chi connectivity index (χ2v) is 6.79. The Kier molecular flexibility index (Phi) is 4.17. The van der Waals surface area contributed by atoms with Crippen molar-refractivity contribution in [2.24, 2.45) is 0 Å². The summed E-state index contributed by atoms with van der Waals surface area (Å²) in [7, 11) is 0. The first-order valence-corrected chi connectivity index (χ1v) is 6.99. The number of hydrogen-bond acceptors (Lipinski definition) is 3. The zero-order valence-corrected chi connectivity index (χ0v) is 12.9. The second kappa shape index (κ2) is 5.46. The summed E-state index contributed by atoms with van der Waals surface area (Å²) in [5.74, 6) is -2.17. The molecule has 1 aromatic rings. The molecule has 21 heavy (non-hydrogen) atoms. The van der Waals surface area contributed by atoms with Gasteiger partial charge in [0.25, 0.3) is 0 Å². The molecule has 0 saturated carbocycles. The van der Waals surface area contributed by atoms with Crippen LogP contribution in [0.25, 0.3) is 0 Å². The average molecular weight is 297 g/mol. The minimum absolute atomic E-state index is 0.0198. The Morgan fingerprint density at radius 2 is 1.62 bits per heavy atom. The van der Waals surface area contributed by atoms with Crippen LogP contribution in [0, 0.1) is 11.6 Å². The number of rotatable bonds is 3. The van der Waals surface area contributed by atoms with Gasteiger partial charge in [-0.3, -0.25) is 9.69 Å². The number of Topliss-reactive ketones (excluding diaryl/α,β-unsaturated/α-hetero) is 1. The van der Waals surface area contributed by atoms with Crippen LogP contribution in [0.4, 0.5) is 8.78 Å². The predicted molar refractivity (Wildman–Crippen MR) is 76.4 cm³/mol. The highest BCUT2D eigenvalue weighted by molar-refractivity contribution is 5.98. The molecule has 1 aromatic carbocycles. The largest absolute Gasteiger partial charge is 0.367 e. The van der Waals surface area contributed by atoms with E-state index in [0.29, 0.717) is 13.1 Å². The second-order valence-electron chi connectivity index (χ2n) is 6.79. The lowest BCUT2D eigenvalue weighted by Gasteiger charge is -2.47. The van der Waals surface area contributed by atoms with Crippen molar-refractivity contribution in [2.45, 2.75) is 38.9 Å². The Morgan fingerprint density at radius 3 is 2.10 bits per heavy atom. The van der Waals surface area contributed by atoms with Crippen LogP contribution in [0.15, 0.2) is 18.2 Å². The molecule has 5 heteroatoms. The monoisotopic (exact) mass is 297 g/mol. The van der Waals surface area contributed by atoms with Crippen LogP contribution in [0.1, 0.15) is 38.1 Å². The molecule has 2 rings (SSSR count). The normalized spacial score (nSPS) is 21.2. The van der Waals surface area contributed by atoms with E-state index in [1.54, 1.807) is 0 Å². The quantitative estimate of drug-likeness (QED) is 0.803. The third kappa shape index (κ3) is 3.86. The summed E-state index contributed by atoms with van der Waals surface area (Å²) >= 11 is 0. The maximum absolute atomic E-state index is 13.7. The van der Waals surface area contributed by atoms with E-state index >= 15 is 0 Å². The van der Waals surface area contributed by atoms with Crippen LogP contribution in [0.3, 0.4) is 0 Å². The van der Waals surface area contributed by atoms with Crippen LogP contribution < -0.4 is 0 Å². The predicted octanol–water partition coefficient (Wildman–Crippen LogP) is 3.04. The van der Waals surface area contributed by atoms with Gasteiger partial charge in [0.05, 0.1) is 23.3 Å². The first-order chi connectivity index (χ1) is 9.60. The van der Waals surface area contributed by atoms with Gasteiger partial charge in [-0.2, -0.15) is 0 Å². The van der Waals surface area contributed by atoms with E-state index in [2.05, 4.69) is 0 Å². The van der Waals surface area contributed by atoms with E-state index in [4.69, 9.17) is 4.74 Å². The maximum Gasteiger partial charge on any atom is 0.182 e. The van der Waals surface area contributed by atoms with Crippen molar-refractivity contribution < 1.29 is 18.3 Å². The number of carbonyl (C=O) groups excluding carboxylic acids is 1. The van der Waals surface area contributed by atoms with E-state index in [0.717, 1.165) is 12.1 Å². The molecule has 0 amide bonds. The summed E-state index contributed by atoms with van der Waals surface area (Å²) in [4.78, 5) is 14.1. The van der Waals surface area contributed by atoms with E-state index in [1.807, 2.05) is 32.6 Å². The molecule has 1 fully saturated rings. The van der Waals surface area contributed by atoms with E-state index < -0.39 is 34.2 Å². The minimum Gasteiger partial charge on any atom is -0.367 e. The fraction of sp³-hybridized carbons (Fsp3) is 0.562. The molecule has 1 heterocycles. The number of morpholine rings is 1. The van der Waals surface area contributed by atoms with Gasteiger partial charge in [-0.25, -0.2) is 8.78 Å². The maximum atomic E-state index is 13.7.